The summed E-state index contributed by atoms with van der Waals surface area (Å²) in [5.41, 5.74) is 6.52. The van der Waals surface area contributed by atoms with Crippen molar-refractivity contribution in [2.24, 2.45) is 11.1 Å². The summed E-state index contributed by atoms with van der Waals surface area (Å²) in [7, 11) is 0. The van der Waals surface area contributed by atoms with Crippen molar-refractivity contribution in [1.82, 2.24) is 5.32 Å². The second-order valence-electron chi connectivity index (χ2n) is 5.64. The Kier molecular flexibility index (Phi) is 7.42. The molecule has 5 heteroatoms. The molecule has 1 atom stereocenters. The minimum absolute atomic E-state index is 0. The second kappa shape index (κ2) is 7.73. The molecule has 1 amide bonds. The molecule has 1 rings (SSSR count). The number of amides is 1. The molecule has 0 radical (unpaired) electrons. The third-order valence-corrected chi connectivity index (χ3v) is 2.86. The first kappa shape index (κ1) is 18.2. The van der Waals surface area contributed by atoms with E-state index in [1.54, 1.807) is 0 Å². The number of hydrogen-bond acceptors (Lipinski definition) is 2. The average molecular weight is 305 g/mol. The molecule has 0 bridgehead atoms. The maximum Gasteiger partial charge on any atom is 0.234 e. The lowest BCUT2D eigenvalue weighted by Gasteiger charge is -2.27. The van der Waals surface area contributed by atoms with Crippen LogP contribution in [-0.2, 0) is 4.79 Å². The highest BCUT2D eigenvalue weighted by Crippen LogP contribution is 2.29. The molecular formula is C14H22Cl2N2O. The molecule has 0 heterocycles. The summed E-state index contributed by atoms with van der Waals surface area (Å²) in [6, 6.07) is 7.52. The fraction of sp³-hybridized carbons (Fsp3) is 0.500. The molecule has 0 aromatic heterocycles. The summed E-state index contributed by atoms with van der Waals surface area (Å²) in [5.74, 6) is -0.140. The predicted octanol–water partition coefficient (Wildman–Crippen LogP) is 3.31. The van der Waals surface area contributed by atoms with E-state index in [4.69, 9.17) is 17.3 Å². The topological polar surface area (TPSA) is 55.1 Å². The summed E-state index contributed by atoms with van der Waals surface area (Å²) in [4.78, 5) is 11.5. The number of carbonyl (C=O) groups excluding carboxylic acids is 1. The SMILES string of the molecule is CC(C)(C)CC(NC(=O)CN)c1ccc(Cl)cc1.Cl. The standard InChI is InChI=1S/C14H21ClN2O.ClH/c1-14(2,3)8-12(17-13(18)9-16)10-4-6-11(15)7-5-10;/h4-7,12H,8-9,16H2,1-3H3,(H,17,18);1H. The van der Waals surface area contributed by atoms with Crippen molar-refractivity contribution in [2.45, 2.75) is 33.2 Å². The Labute approximate surface area is 126 Å². The summed E-state index contributed by atoms with van der Waals surface area (Å²) >= 11 is 5.88. The van der Waals surface area contributed by atoms with E-state index in [-0.39, 0.29) is 36.3 Å². The molecule has 19 heavy (non-hydrogen) atoms. The highest BCUT2D eigenvalue weighted by atomic mass is 35.5. The van der Waals surface area contributed by atoms with Gasteiger partial charge in [-0.05, 0) is 29.5 Å². The van der Waals surface area contributed by atoms with Crippen LogP contribution in [0.25, 0.3) is 0 Å². The second-order valence-corrected chi connectivity index (χ2v) is 6.08. The Morgan fingerprint density at radius 1 is 1.32 bits per heavy atom. The van der Waals surface area contributed by atoms with Crippen LogP contribution in [-0.4, -0.2) is 12.5 Å². The minimum Gasteiger partial charge on any atom is -0.348 e. The lowest BCUT2D eigenvalue weighted by molar-refractivity contribution is -0.120. The van der Waals surface area contributed by atoms with Crippen LogP contribution in [0.15, 0.2) is 24.3 Å². The number of halogens is 2. The predicted molar refractivity (Wildman–Crippen MR) is 82.7 cm³/mol. The number of nitrogens with one attached hydrogen (secondary N) is 1. The van der Waals surface area contributed by atoms with Crippen LogP contribution >= 0.6 is 24.0 Å². The van der Waals surface area contributed by atoms with Crippen LogP contribution in [0.5, 0.6) is 0 Å². The number of nitrogens with two attached hydrogens (primary N) is 1. The Morgan fingerprint density at radius 2 is 1.84 bits per heavy atom. The molecule has 108 valence electrons. The van der Waals surface area contributed by atoms with Gasteiger partial charge >= 0.3 is 0 Å². The average Bonchev–Trinajstić information content (AvgIpc) is 2.27. The molecule has 0 fully saturated rings. The molecular weight excluding hydrogens is 283 g/mol. The monoisotopic (exact) mass is 304 g/mol. The van der Waals surface area contributed by atoms with Crippen molar-refractivity contribution in [3.05, 3.63) is 34.9 Å². The molecule has 0 saturated carbocycles. The smallest absolute Gasteiger partial charge is 0.234 e. The van der Waals surface area contributed by atoms with Gasteiger partial charge in [-0.3, -0.25) is 4.79 Å². The first-order valence-corrected chi connectivity index (χ1v) is 6.44. The van der Waals surface area contributed by atoms with Gasteiger partial charge in [0, 0.05) is 5.02 Å². The number of carbonyl (C=O) groups is 1. The zero-order valence-electron chi connectivity index (χ0n) is 11.6. The summed E-state index contributed by atoms with van der Waals surface area (Å²) in [6.07, 6.45) is 0.848. The van der Waals surface area contributed by atoms with Crippen LogP contribution in [0.4, 0.5) is 0 Å². The van der Waals surface area contributed by atoms with E-state index >= 15 is 0 Å². The van der Waals surface area contributed by atoms with E-state index in [1.807, 2.05) is 24.3 Å². The van der Waals surface area contributed by atoms with E-state index in [9.17, 15) is 4.79 Å². The van der Waals surface area contributed by atoms with E-state index in [2.05, 4.69) is 26.1 Å². The van der Waals surface area contributed by atoms with Crippen LogP contribution < -0.4 is 11.1 Å². The Morgan fingerprint density at radius 3 is 2.26 bits per heavy atom. The maximum absolute atomic E-state index is 11.5. The number of hydrogen-bond donors (Lipinski definition) is 2. The number of benzene rings is 1. The highest BCUT2D eigenvalue weighted by Gasteiger charge is 2.21. The molecule has 0 aliphatic carbocycles. The Hall–Kier alpha value is -0.770. The lowest BCUT2D eigenvalue weighted by Crippen LogP contribution is -2.35. The fourth-order valence-corrected chi connectivity index (χ4v) is 1.94. The van der Waals surface area contributed by atoms with Crippen molar-refractivity contribution in [3.63, 3.8) is 0 Å². The zero-order chi connectivity index (χ0) is 13.8. The Balaban J connectivity index is 0.00000324. The normalized spacial score (nSPS) is 12.5. The van der Waals surface area contributed by atoms with Crippen LogP contribution in [0, 0.1) is 5.41 Å². The summed E-state index contributed by atoms with van der Waals surface area (Å²) in [5, 5.41) is 3.64. The number of rotatable bonds is 4. The van der Waals surface area contributed by atoms with Crippen molar-refractivity contribution in [2.75, 3.05) is 6.54 Å². The largest absolute Gasteiger partial charge is 0.348 e. The molecule has 0 spiro atoms. The lowest BCUT2D eigenvalue weighted by atomic mass is 9.85. The maximum atomic E-state index is 11.5. The Bertz CT molecular complexity index is 399. The van der Waals surface area contributed by atoms with Crippen molar-refractivity contribution >= 4 is 29.9 Å². The van der Waals surface area contributed by atoms with Crippen LogP contribution in [0.2, 0.25) is 5.02 Å². The van der Waals surface area contributed by atoms with Crippen molar-refractivity contribution < 1.29 is 4.79 Å². The molecule has 1 unspecified atom stereocenters. The van der Waals surface area contributed by atoms with Crippen molar-refractivity contribution in [3.8, 4) is 0 Å². The molecule has 3 N–H and O–H groups in total. The van der Waals surface area contributed by atoms with E-state index in [1.165, 1.54) is 0 Å². The third-order valence-electron chi connectivity index (χ3n) is 2.61. The zero-order valence-corrected chi connectivity index (χ0v) is 13.1. The molecule has 0 saturated heterocycles. The molecule has 1 aromatic rings. The summed E-state index contributed by atoms with van der Waals surface area (Å²) in [6.45, 7) is 6.44. The summed E-state index contributed by atoms with van der Waals surface area (Å²) < 4.78 is 0. The molecule has 3 nitrogen and oxygen atoms in total. The van der Waals surface area contributed by atoms with Gasteiger partial charge in [0.05, 0.1) is 12.6 Å². The van der Waals surface area contributed by atoms with Gasteiger partial charge in [0.25, 0.3) is 0 Å². The van der Waals surface area contributed by atoms with Crippen LogP contribution in [0.3, 0.4) is 0 Å². The van der Waals surface area contributed by atoms with Gasteiger partial charge in [-0.15, -0.1) is 12.4 Å². The van der Waals surface area contributed by atoms with Gasteiger partial charge in [0.2, 0.25) is 5.91 Å². The molecule has 0 aliphatic heterocycles. The first-order valence-electron chi connectivity index (χ1n) is 6.07. The van der Waals surface area contributed by atoms with Gasteiger partial charge in [-0.1, -0.05) is 44.5 Å². The van der Waals surface area contributed by atoms with Crippen molar-refractivity contribution in [1.29, 1.82) is 0 Å². The highest BCUT2D eigenvalue weighted by molar-refractivity contribution is 6.30. The van der Waals surface area contributed by atoms with Crippen LogP contribution in [0.1, 0.15) is 38.8 Å². The minimum atomic E-state index is -0.140. The third kappa shape index (κ3) is 6.81. The van der Waals surface area contributed by atoms with Gasteiger partial charge < -0.3 is 11.1 Å². The van der Waals surface area contributed by atoms with E-state index in [0.29, 0.717) is 5.02 Å². The van der Waals surface area contributed by atoms with E-state index < -0.39 is 0 Å². The van der Waals surface area contributed by atoms with E-state index in [0.717, 1.165) is 12.0 Å². The fourth-order valence-electron chi connectivity index (χ4n) is 1.81. The van der Waals surface area contributed by atoms with Gasteiger partial charge in [-0.2, -0.15) is 0 Å². The van der Waals surface area contributed by atoms with Gasteiger partial charge in [0.1, 0.15) is 0 Å². The van der Waals surface area contributed by atoms with Gasteiger partial charge in [0.15, 0.2) is 0 Å². The quantitative estimate of drug-likeness (QED) is 0.896. The molecule has 0 aliphatic rings. The molecule has 1 aromatic carbocycles. The van der Waals surface area contributed by atoms with Gasteiger partial charge in [-0.25, -0.2) is 0 Å². The first-order chi connectivity index (χ1) is 8.31.